The Labute approximate surface area is 213 Å². The Hall–Kier alpha value is -4.10. The number of hydrogen-bond acceptors (Lipinski definition) is 0. The topological polar surface area (TPSA) is 4.93 Å². The van der Waals surface area contributed by atoms with Crippen molar-refractivity contribution in [1.82, 2.24) is 4.57 Å². The molecule has 176 valence electrons. The van der Waals surface area contributed by atoms with Crippen molar-refractivity contribution in [3.63, 3.8) is 0 Å². The number of rotatable bonds is 6. The predicted octanol–water partition coefficient (Wildman–Crippen LogP) is 9.24. The number of hydrogen-bond donors (Lipinski definition) is 0. The maximum atomic E-state index is 2.41. The van der Waals surface area contributed by atoms with Gasteiger partial charge >= 0.3 is 0 Å². The van der Waals surface area contributed by atoms with Crippen molar-refractivity contribution in [2.45, 2.75) is 26.7 Å². The highest BCUT2D eigenvalue weighted by Gasteiger charge is 2.14. The van der Waals surface area contributed by atoms with Crippen LogP contribution in [0.5, 0.6) is 0 Å². The molecule has 6 rings (SSSR count). The second-order valence-electron chi connectivity index (χ2n) is 10.2. The Balaban J connectivity index is 1.45. The smallest absolute Gasteiger partial charge is 0.0541 e. The maximum Gasteiger partial charge on any atom is 0.0541 e. The van der Waals surface area contributed by atoms with Gasteiger partial charge in [-0.05, 0) is 83.0 Å². The highest BCUT2D eigenvalue weighted by molar-refractivity contribution is 6.10. The Morgan fingerprint density at radius 3 is 1.78 bits per heavy atom. The lowest BCUT2D eigenvalue weighted by atomic mass is 9.98. The summed E-state index contributed by atoms with van der Waals surface area (Å²) in [5.41, 5.74) is 10.3. The fourth-order valence-electron chi connectivity index (χ4n) is 5.35. The van der Waals surface area contributed by atoms with Gasteiger partial charge in [0.1, 0.15) is 0 Å². The van der Waals surface area contributed by atoms with Crippen LogP contribution in [-0.2, 0) is 12.8 Å². The summed E-state index contributed by atoms with van der Waals surface area (Å²) in [6.07, 6.45) is 2.06. The predicted molar refractivity (Wildman–Crippen MR) is 154 cm³/mol. The van der Waals surface area contributed by atoms with Gasteiger partial charge in [-0.3, -0.25) is 0 Å². The van der Waals surface area contributed by atoms with Gasteiger partial charge < -0.3 is 4.57 Å². The lowest BCUT2D eigenvalue weighted by molar-refractivity contribution is 0.648. The summed E-state index contributed by atoms with van der Waals surface area (Å²) in [5.74, 6) is 0.634. The zero-order valence-electron chi connectivity index (χ0n) is 21.0. The third kappa shape index (κ3) is 4.33. The number of para-hydroxylation sites is 1. The monoisotopic (exact) mass is 465 g/mol. The summed E-state index contributed by atoms with van der Waals surface area (Å²) < 4.78 is 2.40. The molecule has 0 radical (unpaired) electrons. The van der Waals surface area contributed by atoms with Crippen LogP contribution < -0.4 is 0 Å². The molecule has 0 aliphatic carbocycles. The van der Waals surface area contributed by atoms with Gasteiger partial charge in [-0.25, -0.2) is 0 Å². The van der Waals surface area contributed by atoms with E-state index in [1.54, 1.807) is 0 Å². The van der Waals surface area contributed by atoms with Crippen LogP contribution in [0.2, 0.25) is 0 Å². The van der Waals surface area contributed by atoms with E-state index in [9.17, 15) is 0 Å². The first-order valence-electron chi connectivity index (χ1n) is 12.9. The molecule has 0 aliphatic rings. The van der Waals surface area contributed by atoms with Gasteiger partial charge in [0.05, 0.1) is 11.0 Å². The number of fused-ring (bicyclic) bond motifs is 3. The van der Waals surface area contributed by atoms with Crippen LogP contribution in [0.1, 0.15) is 30.5 Å². The van der Waals surface area contributed by atoms with Crippen molar-refractivity contribution in [2.24, 2.45) is 5.92 Å². The molecule has 0 saturated carbocycles. The Morgan fingerprint density at radius 1 is 0.528 bits per heavy atom. The van der Waals surface area contributed by atoms with Gasteiger partial charge in [0.15, 0.2) is 0 Å². The summed E-state index contributed by atoms with van der Waals surface area (Å²) in [4.78, 5) is 0. The quantitative estimate of drug-likeness (QED) is 0.231. The molecule has 0 saturated heterocycles. The summed E-state index contributed by atoms with van der Waals surface area (Å²) in [7, 11) is 0. The van der Waals surface area contributed by atoms with Crippen LogP contribution in [0.25, 0.3) is 38.6 Å². The van der Waals surface area contributed by atoms with Crippen molar-refractivity contribution in [3.8, 4) is 16.8 Å². The molecule has 0 aliphatic heterocycles. The minimum atomic E-state index is 0.634. The summed E-state index contributed by atoms with van der Waals surface area (Å²) in [6, 6.07) is 44.4. The van der Waals surface area contributed by atoms with Crippen LogP contribution >= 0.6 is 0 Å². The van der Waals surface area contributed by atoms with E-state index in [1.807, 2.05) is 0 Å². The second-order valence-corrected chi connectivity index (χ2v) is 10.2. The van der Waals surface area contributed by atoms with Crippen molar-refractivity contribution >= 4 is 21.8 Å². The van der Waals surface area contributed by atoms with Crippen LogP contribution in [0.3, 0.4) is 0 Å². The summed E-state index contributed by atoms with van der Waals surface area (Å²) >= 11 is 0. The van der Waals surface area contributed by atoms with E-state index in [0.29, 0.717) is 5.92 Å². The summed E-state index contributed by atoms with van der Waals surface area (Å²) in [5, 5.41) is 2.64. The van der Waals surface area contributed by atoms with Gasteiger partial charge in [0, 0.05) is 16.5 Å². The van der Waals surface area contributed by atoms with Gasteiger partial charge in [0.2, 0.25) is 0 Å². The fraction of sp³-hybridized carbons (Fsp3) is 0.143. The van der Waals surface area contributed by atoms with E-state index in [2.05, 4.69) is 140 Å². The van der Waals surface area contributed by atoms with Gasteiger partial charge in [0.25, 0.3) is 0 Å². The molecule has 0 bridgehead atoms. The lowest BCUT2D eigenvalue weighted by Crippen LogP contribution is -1.95. The third-order valence-corrected chi connectivity index (χ3v) is 7.03. The van der Waals surface area contributed by atoms with E-state index >= 15 is 0 Å². The van der Waals surface area contributed by atoms with E-state index in [-0.39, 0.29) is 0 Å². The molecule has 0 atom stereocenters. The molecule has 1 heteroatoms. The molecule has 5 aromatic carbocycles. The molecule has 0 unspecified atom stereocenters. The second kappa shape index (κ2) is 9.51. The van der Waals surface area contributed by atoms with E-state index in [0.717, 1.165) is 12.8 Å². The minimum absolute atomic E-state index is 0.634. The van der Waals surface area contributed by atoms with Gasteiger partial charge in [-0.15, -0.1) is 0 Å². The fourth-order valence-corrected chi connectivity index (χ4v) is 5.35. The summed E-state index contributed by atoms with van der Waals surface area (Å²) in [6.45, 7) is 4.58. The molecule has 36 heavy (non-hydrogen) atoms. The molecule has 1 nitrogen and oxygen atoms in total. The van der Waals surface area contributed by atoms with Gasteiger partial charge in [-0.2, -0.15) is 0 Å². The normalized spacial score (nSPS) is 11.5. The first-order chi connectivity index (χ1) is 17.7. The molecule has 0 fully saturated rings. The SMILES string of the molecule is CC(C)Cc1ccc2c(c1)c1cc(-c3ccc(Cc4ccccc4)cc3)ccc1n2-c1ccccc1. The first kappa shape index (κ1) is 22.4. The molecule has 0 amide bonds. The zero-order chi connectivity index (χ0) is 24.5. The van der Waals surface area contributed by atoms with Crippen LogP contribution in [0.15, 0.2) is 121 Å². The molecule has 0 N–H and O–H groups in total. The Bertz CT molecular complexity index is 1620. The Morgan fingerprint density at radius 2 is 1.08 bits per heavy atom. The van der Waals surface area contributed by atoms with Crippen LogP contribution in [-0.4, -0.2) is 4.57 Å². The molecule has 1 aromatic heterocycles. The van der Waals surface area contributed by atoms with Crippen LogP contribution in [0.4, 0.5) is 0 Å². The van der Waals surface area contributed by atoms with Crippen molar-refractivity contribution < 1.29 is 0 Å². The standard InChI is InChI=1S/C35H31N/c1-25(2)21-28-15-19-34-32(23-28)33-24-30(18-20-35(33)36(34)31-11-7-4-8-12-31)29-16-13-27(14-17-29)22-26-9-5-3-6-10-26/h3-20,23-25H,21-22H2,1-2H3. The van der Waals surface area contributed by atoms with Gasteiger partial charge in [-0.1, -0.05) is 98.8 Å². The lowest BCUT2D eigenvalue weighted by Gasteiger charge is -2.09. The molecule has 0 spiro atoms. The Kier molecular flexibility index (Phi) is 5.91. The van der Waals surface area contributed by atoms with Crippen molar-refractivity contribution in [2.75, 3.05) is 0 Å². The average molecular weight is 466 g/mol. The first-order valence-corrected chi connectivity index (χ1v) is 12.9. The average Bonchev–Trinajstić information content (AvgIpc) is 3.23. The highest BCUT2D eigenvalue weighted by Crippen LogP contribution is 2.36. The number of aromatic nitrogens is 1. The molecular weight excluding hydrogens is 434 g/mol. The third-order valence-electron chi connectivity index (χ3n) is 7.03. The zero-order valence-corrected chi connectivity index (χ0v) is 21.0. The molecule has 6 aromatic rings. The van der Waals surface area contributed by atoms with Crippen LogP contribution in [0, 0.1) is 5.92 Å². The molecule has 1 heterocycles. The number of benzene rings is 5. The van der Waals surface area contributed by atoms with Crippen molar-refractivity contribution in [3.05, 3.63) is 138 Å². The van der Waals surface area contributed by atoms with Crippen molar-refractivity contribution in [1.29, 1.82) is 0 Å². The molecular formula is C35H31N. The minimum Gasteiger partial charge on any atom is -0.309 e. The highest BCUT2D eigenvalue weighted by atomic mass is 15.0. The van der Waals surface area contributed by atoms with E-state index in [4.69, 9.17) is 0 Å². The van der Waals surface area contributed by atoms with E-state index in [1.165, 1.54) is 55.3 Å². The maximum absolute atomic E-state index is 2.41. The largest absolute Gasteiger partial charge is 0.309 e. The van der Waals surface area contributed by atoms with E-state index < -0.39 is 0 Å². The number of nitrogens with zero attached hydrogens (tertiary/aromatic N) is 1.